The predicted molar refractivity (Wildman–Crippen MR) is 210 cm³/mol. The second-order valence-corrected chi connectivity index (χ2v) is 14.7. The summed E-state index contributed by atoms with van der Waals surface area (Å²) in [5.41, 5.74) is 4.53. The largest absolute Gasteiger partial charge is 0.456 e. The second-order valence-electron chi connectivity index (χ2n) is 14.7. The molecule has 2 aliphatic heterocycles. The fourth-order valence-corrected chi connectivity index (χ4v) is 6.44. The molecule has 1 fully saturated rings. The number of carbonyl (C=O) groups is 6. The lowest BCUT2D eigenvalue weighted by molar-refractivity contribution is -0.156. The van der Waals surface area contributed by atoms with Gasteiger partial charge in [0.15, 0.2) is 0 Å². The molecule has 1 saturated heterocycles. The molecule has 13 nitrogen and oxygen atoms in total. The van der Waals surface area contributed by atoms with E-state index in [1.54, 1.807) is 45.1 Å². The van der Waals surface area contributed by atoms with Crippen LogP contribution in [0.3, 0.4) is 0 Å². The number of aliphatic hydroxyl groups is 1. The summed E-state index contributed by atoms with van der Waals surface area (Å²) in [4.78, 5) is 79.5. The molecule has 7 atom stereocenters. The van der Waals surface area contributed by atoms with Gasteiger partial charge >= 0.3 is 5.97 Å². The molecule has 300 valence electrons. The van der Waals surface area contributed by atoms with E-state index in [1.165, 1.54) is 25.1 Å². The number of nitrogens with zero attached hydrogens (tertiary/aromatic N) is 1. The molecule has 5 N–H and O–H groups in total. The van der Waals surface area contributed by atoms with Crippen LogP contribution in [0.2, 0.25) is 0 Å². The molecule has 0 saturated carbocycles. The summed E-state index contributed by atoms with van der Waals surface area (Å²) in [5.74, 6) is -4.28. The summed E-state index contributed by atoms with van der Waals surface area (Å²) in [6, 6.07) is 6.25. The van der Waals surface area contributed by atoms with Crippen molar-refractivity contribution in [1.29, 1.82) is 0 Å². The van der Waals surface area contributed by atoms with Gasteiger partial charge in [-0.25, -0.2) is 5.43 Å². The number of ether oxygens (including phenoxy) is 1. The van der Waals surface area contributed by atoms with Crippen LogP contribution in [0.4, 0.5) is 0 Å². The van der Waals surface area contributed by atoms with Crippen molar-refractivity contribution in [2.24, 2.45) is 17.8 Å². The third-order valence-electron chi connectivity index (χ3n) is 9.88. The second kappa shape index (κ2) is 22.5. The van der Waals surface area contributed by atoms with E-state index in [0.29, 0.717) is 31.3 Å². The molecule has 0 spiro atoms. The number of fused-ring (bicyclic) bond motifs is 2. The normalized spacial score (nSPS) is 28.0. The van der Waals surface area contributed by atoms with Gasteiger partial charge in [-0.15, -0.1) is 0 Å². The number of hydrazine groups is 1. The maximum absolute atomic E-state index is 14.2. The molecule has 1 aromatic carbocycles. The number of Topliss-reactive ketones (excluding diaryl/α,β-unsaturated/α-hetero) is 1. The maximum atomic E-state index is 14.2. The van der Waals surface area contributed by atoms with Crippen LogP contribution < -0.4 is 21.4 Å². The van der Waals surface area contributed by atoms with Crippen molar-refractivity contribution in [3.63, 3.8) is 0 Å². The minimum Gasteiger partial charge on any atom is -0.456 e. The Labute approximate surface area is 325 Å². The molecule has 2 heterocycles. The van der Waals surface area contributed by atoms with Crippen molar-refractivity contribution < 1.29 is 38.6 Å². The van der Waals surface area contributed by atoms with E-state index < -0.39 is 65.9 Å². The highest BCUT2D eigenvalue weighted by molar-refractivity contribution is 5.93. The lowest BCUT2D eigenvalue weighted by Crippen LogP contribution is -2.62. The Morgan fingerprint density at radius 3 is 2.36 bits per heavy atom. The van der Waals surface area contributed by atoms with Gasteiger partial charge in [-0.05, 0) is 62.5 Å². The van der Waals surface area contributed by atoms with E-state index in [4.69, 9.17) is 4.74 Å². The van der Waals surface area contributed by atoms with Crippen LogP contribution in [0.15, 0.2) is 78.4 Å². The highest BCUT2D eigenvalue weighted by atomic mass is 16.5. The van der Waals surface area contributed by atoms with Crippen molar-refractivity contribution in [3.05, 3.63) is 84.0 Å². The Morgan fingerprint density at radius 2 is 1.71 bits per heavy atom. The van der Waals surface area contributed by atoms with Crippen molar-refractivity contribution >= 4 is 35.4 Å². The van der Waals surface area contributed by atoms with Gasteiger partial charge in [0.2, 0.25) is 17.7 Å². The molecule has 3 rings (SSSR count). The first-order valence-electron chi connectivity index (χ1n) is 19.2. The number of allylic oxidation sites excluding steroid dienone is 5. The number of ketones is 1. The minimum atomic E-state index is -1.12. The van der Waals surface area contributed by atoms with Crippen LogP contribution in [-0.4, -0.2) is 89.4 Å². The van der Waals surface area contributed by atoms with E-state index in [9.17, 15) is 33.9 Å². The number of hydrogen-bond donors (Lipinski definition) is 5. The number of rotatable bonds is 9. The van der Waals surface area contributed by atoms with Gasteiger partial charge in [-0.2, -0.15) is 0 Å². The number of esters is 1. The number of aliphatic hydroxyl groups excluding tert-OH is 1. The number of nitrogens with one attached hydrogen (secondary N) is 4. The first-order chi connectivity index (χ1) is 26.2. The van der Waals surface area contributed by atoms with Crippen LogP contribution in [0.5, 0.6) is 0 Å². The van der Waals surface area contributed by atoms with Crippen LogP contribution in [0.25, 0.3) is 0 Å². The quantitative estimate of drug-likeness (QED) is 0.143. The number of hydrogen-bond acceptors (Lipinski definition) is 9. The number of carbonyl (C=O) groups excluding carboxylic acids is 6. The van der Waals surface area contributed by atoms with E-state index in [0.717, 1.165) is 5.56 Å². The number of likely N-dealkylation sites (N-methyl/N-ethyl adjacent to an activating group) is 1. The van der Waals surface area contributed by atoms with E-state index in [1.807, 2.05) is 49.4 Å². The topological polar surface area (TPSA) is 183 Å². The monoisotopic (exact) mass is 761 g/mol. The van der Waals surface area contributed by atoms with Crippen molar-refractivity contribution in [3.8, 4) is 0 Å². The summed E-state index contributed by atoms with van der Waals surface area (Å²) in [7, 11) is 1.53. The smallest absolute Gasteiger partial charge is 0.325 e. The summed E-state index contributed by atoms with van der Waals surface area (Å²) in [6.45, 7) is 8.87. The van der Waals surface area contributed by atoms with Crippen LogP contribution in [0.1, 0.15) is 78.7 Å². The van der Waals surface area contributed by atoms with Crippen molar-refractivity contribution in [1.82, 2.24) is 26.4 Å². The summed E-state index contributed by atoms with van der Waals surface area (Å²) in [6.07, 6.45) is 12.1. The Kier molecular flexibility index (Phi) is 18.2. The minimum absolute atomic E-state index is 0.0810. The summed E-state index contributed by atoms with van der Waals surface area (Å²) >= 11 is 0. The maximum Gasteiger partial charge on any atom is 0.325 e. The standard InChI is InChI=1S/C42H59N5O8/c1-27(2)37-40(52)44-34(26-31-18-11-9-12-19-31)41(53)47-25-15-20-33(46-47)42(54)55-35(28(3)17-14-22-36(49)43-6)21-13-8-7-10-16-29(4)38(50)32(39(51)45-37)24-23-30(5)48/h7-14,17-19,22,27,29,32-35,37-38,46,50H,15-16,20-21,23-26H2,1-6H3,(H,43,49)(H,44,52)(H,45,51)/b10-7+,13-8+,22-14+,28-17+/t29?,32?,33?,34?,35-,37?,38?/m0/s1. The molecular formula is C42H59N5O8. The number of benzene rings is 1. The van der Waals surface area contributed by atoms with Gasteiger partial charge in [0.1, 0.15) is 30.0 Å². The molecular weight excluding hydrogens is 702 g/mol. The van der Waals surface area contributed by atoms with Gasteiger partial charge in [0, 0.05) is 38.9 Å². The third-order valence-corrected chi connectivity index (χ3v) is 9.88. The Balaban J connectivity index is 2.03. The SMILES string of the molecule is CNC(=O)/C=C/C=C(\C)[C@@H]1C/C=C/C=C/CC(C)C(O)C(CCC(C)=O)C(=O)NC(C(C)C)C(=O)NC(Cc2ccccc2)C(=O)N2CCCC(N2)C(=O)O1. The highest BCUT2D eigenvalue weighted by Gasteiger charge is 2.37. The van der Waals surface area contributed by atoms with Crippen LogP contribution in [0, 0.1) is 17.8 Å². The molecule has 0 aliphatic carbocycles. The van der Waals surface area contributed by atoms with Gasteiger partial charge in [0.25, 0.3) is 5.91 Å². The Hall–Kier alpha value is -4.88. The summed E-state index contributed by atoms with van der Waals surface area (Å²) in [5, 5.41) is 21.0. The zero-order chi connectivity index (χ0) is 40.5. The Bertz CT molecular complexity index is 1600. The van der Waals surface area contributed by atoms with Gasteiger partial charge < -0.3 is 30.6 Å². The first-order valence-corrected chi connectivity index (χ1v) is 19.2. The fourth-order valence-electron chi connectivity index (χ4n) is 6.44. The molecule has 55 heavy (non-hydrogen) atoms. The van der Waals surface area contributed by atoms with E-state index in [2.05, 4.69) is 21.4 Å². The predicted octanol–water partition coefficient (Wildman–Crippen LogP) is 3.40. The molecule has 0 radical (unpaired) electrons. The lowest BCUT2D eigenvalue weighted by Gasteiger charge is -2.36. The molecule has 2 bridgehead atoms. The van der Waals surface area contributed by atoms with Gasteiger partial charge in [0.05, 0.1) is 12.0 Å². The number of amides is 4. The molecule has 2 aliphatic rings. The van der Waals surface area contributed by atoms with Crippen molar-refractivity contribution in [2.75, 3.05) is 13.6 Å². The molecule has 13 heteroatoms. The van der Waals surface area contributed by atoms with Gasteiger partial charge in [-0.1, -0.05) is 87.6 Å². The average Bonchev–Trinajstić information content (AvgIpc) is 3.16. The average molecular weight is 762 g/mol. The molecule has 4 amide bonds. The highest BCUT2D eigenvalue weighted by Crippen LogP contribution is 2.23. The van der Waals surface area contributed by atoms with Crippen LogP contribution >= 0.6 is 0 Å². The first kappa shape index (κ1) is 44.5. The van der Waals surface area contributed by atoms with Crippen molar-refractivity contribution in [2.45, 2.75) is 110 Å². The zero-order valence-electron chi connectivity index (χ0n) is 33.0. The van der Waals surface area contributed by atoms with Gasteiger partial charge in [-0.3, -0.25) is 29.0 Å². The fraction of sp³-hybridized carbons (Fsp3) is 0.524. The number of cyclic esters (lactones) is 1. The van der Waals surface area contributed by atoms with Crippen LogP contribution in [-0.2, 0) is 39.9 Å². The molecule has 1 aromatic rings. The molecule has 0 aromatic heterocycles. The van der Waals surface area contributed by atoms with E-state index >= 15 is 0 Å². The zero-order valence-corrected chi connectivity index (χ0v) is 33.0. The third kappa shape index (κ3) is 14.4. The lowest BCUT2D eigenvalue weighted by atomic mass is 9.85. The summed E-state index contributed by atoms with van der Waals surface area (Å²) < 4.78 is 6.02. The Morgan fingerprint density at radius 1 is 1.02 bits per heavy atom. The van der Waals surface area contributed by atoms with E-state index in [-0.39, 0.29) is 43.4 Å². The molecule has 6 unspecified atom stereocenters.